The SMILES string of the molecule is C#CC(C)(C)c1ccc(Br)cc1O. The molecular weight excluding hydrogens is 228 g/mol. The molecule has 0 atom stereocenters. The molecule has 0 radical (unpaired) electrons. The lowest BCUT2D eigenvalue weighted by Gasteiger charge is -2.19. The van der Waals surface area contributed by atoms with Gasteiger partial charge in [-0.05, 0) is 26.0 Å². The summed E-state index contributed by atoms with van der Waals surface area (Å²) >= 11 is 3.27. The van der Waals surface area contributed by atoms with Gasteiger partial charge in [-0.2, -0.15) is 0 Å². The van der Waals surface area contributed by atoms with Crippen LogP contribution in [0.4, 0.5) is 0 Å². The summed E-state index contributed by atoms with van der Waals surface area (Å²) in [7, 11) is 0. The van der Waals surface area contributed by atoms with Gasteiger partial charge in [-0.3, -0.25) is 0 Å². The smallest absolute Gasteiger partial charge is 0.121 e. The van der Waals surface area contributed by atoms with Crippen LogP contribution in [0.15, 0.2) is 22.7 Å². The Balaban J connectivity index is 3.26. The van der Waals surface area contributed by atoms with Crippen molar-refractivity contribution in [2.75, 3.05) is 0 Å². The van der Waals surface area contributed by atoms with Gasteiger partial charge in [0.15, 0.2) is 0 Å². The molecule has 0 saturated heterocycles. The van der Waals surface area contributed by atoms with Crippen LogP contribution in [0.5, 0.6) is 5.75 Å². The van der Waals surface area contributed by atoms with Crippen molar-refractivity contribution in [2.24, 2.45) is 0 Å². The Labute approximate surface area is 86.9 Å². The molecule has 0 aliphatic heterocycles. The monoisotopic (exact) mass is 238 g/mol. The van der Waals surface area contributed by atoms with E-state index in [2.05, 4.69) is 21.9 Å². The fourth-order valence-corrected chi connectivity index (χ4v) is 1.46. The number of terminal acetylenes is 1. The third kappa shape index (κ3) is 2.05. The first kappa shape index (κ1) is 10.1. The van der Waals surface area contributed by atoms with Crippen LogP contribution >= 0.6 is 15.9 Å². The van der Waals surface area contributed by atoms with E-state index in [1.807, 2.05) is 26.0 Å². The number of hydrogen-bond donors (Lipinski definition) is 1. The van der Waals surface area contributed by atoms with Gasteiger partial charge in [-0.1, -0.05) is 27.9 Å². The van der Waals surface area contributed by atoms with Crippen LogP contribution in [-0.2, 0) is 5.41 Å². The van der Waals surface area contributed by atoms with Gasteiger partial charge in [0.05, 0.1) is 5.41 Å². The normalized spacial score (nSPS) is 10.9. The molecule has 1 N–H and O–H groups in total. The fraction of sp³-hybridized carbons (Fsp3) is 0.273. The lowest BCUT2D eigenvalue weighted by Crippen LogP contribution is -2.13. The molecule has 1 nitrogen and oxygen atoms in total. The number of aromatic hydroxyl groups is 1. The van der Waals surface area contributed by atoms with Gasteiger partial charge in [0.2, 0.25) is 0 Å². The van der Waals surface area contributed by atoms with Crippen LogP contribution in [0.1, 0.15) is 19.4 Å². The van der Waals surface area contributed by atoms with E-state index >= 15 is 0 Å². The van der Waals surface area contributed by atoms with E-state index in [0.717, 1.165) is 10.0 Å². The van der Waals surface area contributed by atoms with Gasteiger partial charge in [-0.15, -0.1) is 6.42 Å². The Kier molecular flexibility index (Phi) is 2.68. The largest absolute Gasteiger partial charge is 0.508 e. The zero-order chi connectivity index (χ0) is 10.1. The summed E-state index contributed by atoms with van der Waals surface area (Å²) in [5, 5.41) is 9.63. The van der Waals surface area contributed by atoms with E-state index in [4.69, 9.17) is 6.42 Å². The Hall–Kier alpha value is -0.940. The zero-order valence-corrected chi connectivity index (χ0v) is 9.22. The van der Waals surface area contributed by atoms with Crippen molar-refractivity contribution in [2.45, 2.75) is 19.3 Å². The maximum atomic E-state index is 9.63. The van der Waals surface area contributed by atoms with E-state index in [0.29, 0.717) is 0 Å². The first-order chi connectivity index (χ1) is 5.97. The van der Waals surface area contributed by atoms with Gasteiger partial charge in [0, 0.05) is 10.0 Å². The van der Waals surface area contributed by atoms with Crippen molar-refractivity contribution < 1.29 is 5.11 Å². The van der Waals surface area contributed by atoms with E-state index in [1.165, 1.54) is 0 Å². The highest BCUT2D eigenvalue weighted by atomic mass is 79.9. The maximum absolute atomic E-state index is 9.63. The average molecular weight is 239 g/mol. The van der Waals surface area contributed by atoms with E-state index in [1.54, 1.807) is 6.07 Å². The molecule has 68 valence electrons. The van der Waals surface area contributed by atoms with Crippen molar-refractivity contribution in [1.29, 1.82) is 0 Å². The average Bonchev–Trinajstić information content (AvgIpc) is 2.03. The Morgan fingerprint density at radius 2 is 2.08 bits per heavy atom. The summed E-state index contributed by atoms with van der Waals surface area (Å²) in [6.07, 6.45) is 5.37. The summed E-state index contributed by atoms with van der Waals surface area (Å²) in [5.74, 6) is 2.88. The summed E-state index contributed by atoms with van der Waals surface area (Å²) in [4.78, 5) is 0. The number of phenolic OH excluding ortho intramolecular Hbond substituents is 1. The molecule has 1 aromatic rings. The Morgan fingerprint density at radius 3 is 2.54 bits per heavy atom. The van der Waals surface area contributed by atoms with Crippen LogP contribution in [-0.4, -0.2) is 5.11 Å². The molecule has 0 bridgehead atoms. The molecule has 2 heteroatoms. The van der Waals surface area contributed by atoms with Crippen molar-refractivity contribution >= 4 is 15.9 Å². The molecule has 0 unspecified atom stereocenters. The van der Waals surface area contributed by atoms with Crippen molar-refractivity contribution in [1.82, 2.24) is 0 Å². The van der Waals surface area contributed by atoms with E-state index in [-0.39, 0.29) is 5.75 Å². The highest BCUT2D eigenvalue weighted by molar-refractivity contribution is 9.10. The number of benzene rings is 1. The molecule has 0 spiro atoms. The minimum absolute atomic E-state index is 0.234. The van der Waals surface area contributed by atoms with Gasteiger partial charge < -0.3 is 5.11 Å². The lowest BCUT2D eigenvalue weighted by molar-refractivity contribution is 0.457. The molecule has 1 rings (SSSR count). The molecule has 0 aliphatic rings. The molecule has 0 aliphatic carbocycles. The van der Waals surface area contributed by atoms with Crippen LogP contribution in [0.2, 0.25) is 0 Å². The molecule has 0 fully saturated rings. The Morgan fingerprint density at radius 1 is 1.46 bits per heavy atom. The molecule has 0 aromatic heterocycles. The topological polar surface area (TPSA) is 20.2 Å². The second-order valence-corrected chi connectivity index (χ2v) is 4.35. The van der Waals surface area contributed by atoms with Gasteiger partial charge in [-0.25, -0.2) is 0 Å². The third-order valence-electron chi connectivity index (χ3n) is 1.99. The fourth-order valence-electron chi connectivity index (χ4n) is 1.11. The van der Waals surface area contributed by atoms with Gasteiger partial charge in [0.1, 0.15) is 5.75 Å². The van der Waals surface area contributed by atoms with E-state index in [9.17, 15) is 5.11 Å². The van der Waals surface area contributed by atoms with Crippen molar-refractivity contribution in [3.8, 4) is 18.1 Å². The summed E-state index contributed by atoms with van der Waals surface area (Å²) in [5.41, 5.74) is 0.350. The molecule has 13 heavy (non-hydrogen) atoms. The standard InChI is InChI=1S/C11H11BrO/c1-4-11(2,3)9-6-5-8(12)7-10(9)13/h1,5-7,13H,2-3H3. The maximum Gasteiger partial charge on any atom is 0.121 e. The molecule has 0 heterocycles. The quantitative estimate of drug-likeness (QED) is 0.746. The Bertz CT molecular complexity index is 361. The second-order valence-electron chi connectivity index (χ2n) is 3.43. The predicted octanol–water partition coefficient (Wildman–Crippen LogP) is 3.07. The van der Waals surface area contributed by atoms with Crippen LogP contribution in [0.25, 0.3) is 0 Å². The number of hydrogen-bond acceptors (Lipinski definition) is 1. The minimum atomic E-state index is -0.426. The lowest BCUT2D eigenvalue weighted by atomic mass is 9.85. The predicted molar refractivity (Wildman–Crippen MR) is 57.7 cm³/mol. The van der Waals surface area contributed by atoms with Crippen LogP contribution < -0.4 is 0 Å². The number of halogens is 1. The van der Waals surface area contributed by atoms with Gasteiger partial charge in [0.25, 0.3) is 0 Å². The summed E-state index contributed by atoms with van der Waals surface area (Å²) in [6.45, 7) is 3.80. The third-order valence-corrected chi connectivity index (χ3v) is 2.49. The summed E-state index contributed by atoms with van der Waals surface area (Å²) < 4.78 is 0.849. The molecule has 0 saturated carbocycles. The van der Waals surface area contributed by atoms with E-state index < -0.39 is 5.41 Å². The van der Waals surface area contributed by atoms with Crippen molar-refractivity contribution in [3.63, 3.8) is 0 Å². The van der Waals surface area contributed by atoms with Gasteiger partial charge >= 0.3 is 0 Å². The second kappa shape index (κ2) is 3.43. The highest BCUT2D eigenvalue weighted by Crippen LogP contribution is 2.32. The molecular formula is C11H11BrO. The zero-order valence-electron chi connectivity index (χ0n) is 7.63. The number of phenols is 1. The highest BCUT2D eigenvalue weighted by Gasteiger charge is 2.20. The number of rotatable bonds is 1. The summed E-state index contributed by atoms with van der Waals surface area (Å²) in [6, 6.07) is 5.35. The van der Waals surface area contributed by atoms with Crippen molar-refractivity contribution in [3.05, 3.63) is 28.2 Å². The van der Waals surface area contributed by atoms with Crippen LogP contribution in [0.3, 0.4) is 0 Å². The molecule has 0 amide bonds. The molecule has 1 aromatic carbocycles. The first-order valence-electron chi connectivity index (χ1n) is 3.94. The minimum Gasteiger partial charge on any atom is -0.508 e. The first-order valence-corrected chi connectivity index (χ1v) is 4.73. The van der Waals surface area contributed by atoms with Crippen LogP contribution in [0, 0.1) is 12.3 Å².